The minimum absolute atomic E-state index is 0.257. The summed E-state index contributed by atoms with van der Waals surface area (Å²) >= 11 is 0. The van der Waals surface area contributed by atoms with Gasteiger partial charge in [-0.15, -0.1) is 0 Å². The Morgan fingerprint density at radius 3 is 2.83 bits per heavy atom. The molecule has 0 unspecified atom stereocenters. The number of carbonyl (C=O) groups is 1. The van der Waals surface area contributed by atoms with Crippen LogP contribution >= 0.6 is 0 Å². The Labute approximate surface area is 131 Å². The molecule has 1 aromatic carbocycles. The summed E-state index contributed by atoms with van der Waals surface area (Å²) in [6, 6.07) is 11.0. The van der Waals surface area contributed by atoms with Crippen molar-refractivity contribution in [1.82, 2.24) is 20.6 Å². The number of aromatic nitrogens is 3. The van der Waals surface area contributed by atoms with Crippen LogP contribution in [0.2, 0.25) is 0 Å². The van der Waals surface area contributed by atoms with Crippen molar-refractivity contribution >= 4 is 12.1 Å². The summed E-state index contributed by atoms with van der Waals surface area (Å²) in [5, 5.41) is 10.5. The molecule has 6 nitrogen and oxygen atoms in total. The first-order valence-electron chi connectivity index (χ1n) is 6.77. The minimum Gasteiger partial charge on any atom is -0.272 e. The minimum atomic E-state index is -0.425. The standard InChI is InChI=1S/C16H12FN5O/c17-13-5-3-12(4-6-13)14-8-15(21-20-14)16(23)22-19-10-11-2-1-7-18-9-11/h1-10H,(H,20,21)(H,22,23). The molecule has 2 heterocycles. The molecule has 0 radical (unpaired) electrons. The van der Waals surface area contributed by atoms with Crippen LogP contribution in [0.4, 0.5) is 4.39 Å². The quantitative estimate of drug-likeness (QED) is 0.573. The Balaban J connectivity index is 1.67. The monoisotopic (exact) mass is 309 g/mol. The fourth-order valence-corrected chi connectivity index (χ4v) is 1.88. The third kappa shape index (κ3) is 3.65. The van der Waals surface area contributed by atoms with Crippen molar-refractivity contribution in [2.75, 3.05) is 0 Å². The van der Waals surface area contributed by atoms with Gasteiger partial charge >= 0.3 is 0 Å². The lowest BCUT2D eigenvalue weighted by Gasteiger charge is -1.96. The zero-order chi connectivity index (χ0) is 16.1. The van der Waals surface area contributed by atoms with Gasteiger partial charge in [0.15, 0.2) is 0 Å². The SMILES string of the molecule is O=C(NN=Cc1cccnc1)c1cc(-c2ccc(F)cc2)n[nH]1. The number of carbonyl (C=O) groups excluding carboxylic acids is 1. The summed E-state index contributed by atoms with van der Waals surface area (Å²) in [5.41, 5.74) is 4.67. The van der Waals surface area contributed by atoms with E-state index < -0.39 is 5.91 Å². The van der Waals surface area contributed by atoms with Gasteiger partial charge in [-0.05, 0) is 36.4 Å². The molecule has 0 aliphatic carbocycles. The highest BCUT2D eigenvalue weighted by molar-refractivity contribution is 5.94. The summed E-state index contributed by atoms with van der Waals surface area (Å²) in [6.07, 6.45) is 4.76. The van der Waals surface area contributed by atoms with Crippen molar-refractivity contribution in [3.8, 4) is 11.3 Å². The zero-order valence-corrected chi connectivity index (χ0v) is 11.9. The molecule has 0 saturated carbocycles. The predicted molar refractivity (Wildman–Crippen MR) is 83.3 cm³/mol. The van der Waals surface area contributed by atoms with Gasteiger partial charge in [-0.1, -0.05) is 6.07 Å². The molecule has 0 fully saturated rings. The van der Waals surface area contributed by atoms with Crippen molar-refractivity contribution in [3.63, 3.8) is 0 Å². The zero-order valence-electron chi connectivity index (χ0n) is 11.9. The molecule has 2 aromatic heterocycles. The van der Waals surface area contributed by atoms with Crippen LogP contribution in [-0.2, 0) is 0 Å². The van der Waals surface area contributed by atoms with E-state index in [9.17, 15) is 9.18 Å². The molecule has 0 aliphatic heterocycles. The number of rotatable bonds is 4. The number of hydrogen-bond donors (Lipinski definition) is 2. The Hall–Kier alpha value is -3.35. The second-order valence-electron chi connectivity index (χ2n) is 4.66. The smallest absolute Gasteiger partial charge is 0.272 e. The normalized spacial score (nSPS) is 10.8. The molecule has 3 aromatic rings. The van der Waals surface area contributed by atoms with Gasteiger partial charge in [0.25, 0.3) is 5.91 Å². The number of hydrogen-bond acceptors (Lipinski definition) is 4. The third-order valence-electron chi connectivity index (χ3n) is 3.03. The molecule has 3 rings (SSSR count). The molecule has 0 bridgehead atoms. The average Bonchev–Trinajstić information content (AvgIpc) is 3.06. The lowest BCUT2D eigenvalue weighted by Crippen LogP contribution is -2.18. The summed E-state index contributed by atoms with van der Waals surface area (Å²) in [6.45, 7) is 0. The first-order valence-corrected chi connectivity index (χ1v) is 6.77. The van der Waals surface area contributed by atoms with Gasteiger partial charge in [-0.2, -0.15) is 10.2 Å². The predicted octanol–water partition coefficient (Wildman–Crippen LogP) is 2.37. The highest BCUT2D eigenvalue weighted by atomic mass is 19.1. The first kappa shape index (κ1) is 14.6. The van der Waals surface area contributed by atoms with Crippen LogP contribution < -0.4 is 5.43 Å². The van der Waals surface area contributed by atoms with Crippen LogP contribution in [0.25, 0.3) is 11.3 Å². The number of nitrogens with one attached hydrogen (secondary N) is 2. The van der Waals surface area contributed by atoms with Crippen molar-refractivity contribution in [3.05, 3.63) is 71.9 Å². The van der Waals surface area contributed by atoms with Crippen molar-refractivity contribution < 1.29 is 9.18 Å². The first-order chi connectivity index (χ1) is 11.2. The Morgan fingerprint density at radius 1 is 1.26 bits per heavy atom. The number of nitrogens with zero attached hydrogens (tertiary/aromatic N) is 3. The van der Waals surface area contributed by atoms with E-state index >= 15 is 0 Å². The number of amides is 1. The summed E-state index contributed by atoms with van der Waals surface area (Å²) in [5.74, 6) is -0.752. The number of H-pyrrole nitrogens is 1. The van der Waals surface area contributed by atoms with Crippen molar-refractivity contribution in [2.45, 2.75) is 0 Å². The summed E-state index contributed by atoms with van der Waals surface area (Å²) in [4.78, 5) is 15.9. The molecule has 7 heteroatoms. The van der Waals surface area contributed by atoms with Crippen molar-refractivity contribution in [1.29, 1.82) is 0 Å². The van der Waals surface area contributed by atoms with Crippen LogP contribution in [-0.4, -0.2) is 27.3 Å². The van der Waals surface area contributed by atoms with E-state index in [-0.39, 0.29) is 11.5 Å². The summed E-state index contributed by atoms with van der Waals surface area (Å²) in [7, 11) is 0. The van der Waals surface area contributed by atoms with Crippen LogP contribution in [0.1, 0.15) is 16.1 Å². The number of aromatic amines is 1. The number of halogens is 1. The average molecular weight is 309 g/mol. The molecule has 114 valence electrons. The van der Waals surface area contributed by atoms with E-state index in [1.54, 1.807) is 36.7 Å². The Kier molecular flexibility index (Phi) is 4.19. The van der Waals surface area contributed by atoms with Gasteiger partial charge in [0.05, 0.1) is 11.9 Å². The van der Waals surface area contributed by atoms with Gasteiger partial charge in [0.1, 0.15) is 11.5 Å². The van der Waals surface area contributed by atoms with E-state index in [2.05, 4.69) is 25.7 Å². The van der Waals surface area contributed by atoms with Gasteiger partial charge in [0, 0.05) is 23.5 Å². The number of benzene rings is 1. The number of pyridine rings is 1. The van der Waals surface area contributed by atoms with Gasteiger partial charge in [0.2, 0.25) is 0 Å². The van der Waals surface area contributed by atoms with Crippen LogP contribution in [0.15, 0.2) is 60.0 Å². The summed E-state index contributed by atoms with van der Waals surface area (Å²) < 4.78 is 12.9. The van der Waals surface area contributed by atoms with Crippen LogP contribution in [0, 0.1) is 5.82 Å². The molecule has 0 aliphatic rings. The molecule has 0 saturated heterocycles. The van der Waals surface area contributed by atoms with Gasteiger partial charge < -0.3 is 0 Å². The Bertz CT molecular complexity index is 827. The maximum absolute atomic E-state index is 12.9. The van der Waals surface area contributed by atoms with Crippen LogP contribution in [0.3, 0.4) is 0 Å². The lowest BCUT2D eigenvalue weighted by molar-refractivity contribution is 0.0950. The molecule has 0 spiro atoms. The Morgan fingerprint density at radius 2 is 2.09 bits per heavy atom. The van der Waals surface area contributed by atoms with Crippen LogP contribution in [0.5, 0.6) is 0 Å². The molecule has 2 N–H and O–H groups in total. The highest BCUT2D eigenvalue weighted by Gasteiger charge is 2.10. The molecule has 1 amide bonds. The topological polar surface area (TPSA) is 83.0 Å². The lowest BCUT2D eigenvalue weighted by atomic mass is 10.1. The van der Waals surface area contributed by atoms with E-state index in [0.29, 0.717) is 11.3 Å². The highest BCUT2D eigenvalue weighted by Crippen LogP contribution is 2.17. The maximum Gasteiger partial charge on any atom is 0.289 e. The number of hydrazone groups is 1. The molecule has 0 atom stereocenters. The fraction of sp³-hybridized carbons (Fsp3) is 0. The third-order valence-corrected chi connectivity index (χ3v) is 3.03. The molecular formula is C16H12FN5O. The van der Waals surface area contributed by atoms with Crippen molar-refractivity contribution in [2.24, 2.45) is 5.10 Å². The maximum atomic E-state index is 12.9. The second-order valence-corrected chi connectivity index (χ2v) is 4.66. The molecule has 23 heavy (non-hydrogen) atoms. The van der Waals surface area contributed by atoms with Gasteiger partial charge in [-0.25, -0.2) is 9.82 Å². The van der Waals surface area contributed by atoms with E-state index in [4.69, 9.17) is 0 Å². The second kappa shape index (κ2) is 6.61. The van der Waals surface area contributed by atoms with Gasteiger partial charge in [-0.3, -0.25) is 14.9 Å². The molecular weight excluding hydrogens is 297 g/mol. The van der Waals surface area contributed by atoms with E-state index in [0.717, 1.165) is 5.56 Å². The van der Waals surface area contributed by atoms with E-state index in [1.165, 1.54) is 18.3 Å². The largest absolute Gasteiger partial charge is 0.289 e. The fourth-order valence-electron chi connectivity index (χ4n) is 1.88. The van der Waals surface area contributed by atoms with E-state index in [1.807, 2.05) is 6.07 Å².